The van der Waals surface area contributed by atoms with Crippen LogP contribution in [0.3, 0.4) is 0 Å². The smallest absolute Gasteiger partial charge is 0.206 e. The molecule has 2 aliphatic rings. The Balaban J connectivity index is 0.000000314. The largest absolute Gasteiger partial charge is 0.489 e. The fourth-order valence-corrected chi connectivity index (χ4v) is 4.44. The highest BCUT2D eigenvalue weighted by Crippen LogP contribution is 2.42. The molecule has 3 aromatic heterocycles. The fraction of sp³-hybridized carbons (Fsp3) is 0.375. The molecule has 0 spiro atoms. The molecule has 5 heterocycles. The summed E-state index contributed by atoms with van der Waals surface area (Å²) >= 11 is 0. The number of rotatable bonds is 2. The lowest BCUT2D eigenvalue weighted by Crippen LogP contribution is -2.31. The second kappa shape index (κ2) is 9.00. The van der Waals surface area contributed by atoms with Gasteiger partial charge in [-0.1, -0.05) is 11.2 Å². The molecule has 0 amide bonds. The molecule has 0 aliphatic carbocycles. The van der Waals surface area contributed by atoms with E-state index in [-0.39, 0.29) is 0 Å². The quantitative estimate of drug-likeness (QED) is 0.518. The summed E-state index contributed by atoms with van der Waals surface area (Å²) in [6, 6.07) is 9.89. The number of imidazole rings is 1. The minimum absolute atomic E-state index is 0.651. The van der Waals surface area contributed by atoms with Crippen LogP contribution in [0.25, 0.3) is 22.2 Å². The number of hydrogen-bond donors (Lipinski definition) is 1. The van der Waals surface area contributed by atoms with Crippen molar-refractivity contribution < 1.29 is 9.26 Å². The average Bonchev–Trinajstić information content (AvgIpc) is 3.24. The Hall–Kier alpha value is -3.39. The van der Waals surface area contributed by atoms with Crippen LogP contribution in [0.5, 0.6) is 5.75 Å². The van der Waals surface area contributed by atoms with Crippen LogP contribution in [-0.2, 0) is 6.54 Å². The van der Waals surface area contributed by atoms with Gasteiger partial charge in [-0.2, -0.15) is 0 Å². The molecule has 1 aromatic carbocycles. The number of ether oxygens (including phenoxy) is 1. The van der Waals surface area contributed by atoms with Crippen molar-refractivity contribution in [2.24, 2.45) is 0 Å². The highest BCUT2D eigenvalue weighted by atomic mass is 16.5. The van der Waals surface area contributed by atoms with Crippen molar-refractivity contribution in [3.05, 3.63) is 54.2 Å². The molecule has 8 heteroatoms. The van der Waals surface area contributed by atoms with E-state index in [2.05, 4.69) is 37.1 Å². The molecule has 0 bridgehead atoms. The lowest BCUT2D eigenvalue weighted by atomic mass is 10.0. The van der Waals surface area contributed by atoms with Gasteiger partial charge in [0.2, 0.25) is 5.95 Å². The summed E-state index contributed by atoms with van der Waals surface area (Å²) in [5.74, 6) is 2.77. The van der Waals surface area contributed by atoms with E-state index in [4.69, 9.17) is 14.2 Å². The monoisotopic (exact) mass is 432 g/mol. The number of anilines is 1. The summed E-state index contributed by atoms with van der Waals surface area (Å²) in [5, 5.41) is 7.57. The van der Waals surface area contributed by atoms with Crippen molar-refractivity contribution in [1.82, 2.24) is 25.0 Å². The molecule has 166 valence electrons. The van der Waals surface area contributed by atoms with Gasteiger partial charge < -0.3 is 24.0 Å². The van der Waals surface area contributed by atoms with Crippen molar-refractivity contribution in [3.63, 3.8) is 0 Å². The molecular weight excluding hydrogens is 404 g/mol. The van der Waals surface area contributed by atoms with E-state index in [1.807, 2.05) is 32.0 Å². The molecule has 0 radical (unpaired) electrons. The van der Waals surface area contributed by atoms with Crippen molar-refractivity contribution in [2.75, 3.05) is 37.7 Å². The van der Waals surface area contributed by atoms with E-state index in [0.717, 1.165) is 84.5 Å². The summed E-state index contributed by atoms with van der Waals surface area (Å²) in [6.07, 6.45) is 4.64. The van der Waals surface area contributed by atoms with E-state index in [1.165, 1.54) is 0 Å². The second-order valence-corrected chi connectivity index (χ2v) is 8.04. The SMILES string of the molecule is Cc1noc(C)c1-c1ccc2nc(N3CCCNCC3)n3c2c1OCC3.c1ccncc1. The molecule has 8 nitrogen and oxygen atoms in total. The number of aryl methyl sites for hydroxylation is 2. The first-order chi connectivity index (χ1) is 15.7. The minimum atomic E-state index is 0.651. The van der Waals surface area contributed by atoms with Crippen molar-refractivity contribution >= 4 is 17.0 Å². The van der Waals surface area contributed by atoms with Crippen molar-refractivity contribution in [3.8, 4) is 16.9 Å². The number of hydrogen-bond acceptors (Lipinski definition) is 7. The summed E-state index contributed by atoms with van der Waals surface area (Å²) in [4.78, 5) is 11.1. The van der Waals surface area contributed by atoms with Gasteiger partial charge in [-0.25, -0.2) is 4.98 Å². The van der Waals surface area contributed by atoms with Gasteiger partial charge in [0, 0.05) is 37.6 Å². The van der Waals surface area contributed by atoms with Crippen LogP contribution in [0.4, 0.5) is 5.95 Å². The first-order valence-corrected chi connectivity index (χ1v) is 11.1. The lowest BCUT2D eigenvalue weighted by molar-refractivity contribution is 0.288. The highest BCUT2D eigenvalue weighted by Gasteiger charge is 2.27. The Morgan fingerprint density at radius 2 is 1.88 bits per heavy atom. The normalized spacial score (nSPS) is 15.6. The summed E-state index contributed by atoms with van der Waals surface area (Å²) in [5.41, 5.74) is 5.02. The molecule has 1 N–H and O–H groups in total. The zero-order valence-corrected chi connectivity index (χ0v) is 18.5. The average molecular weight is 433 g/mol. The Morgan fingerprint density at radius 1 is 1.00 bits per heavy atom. The third-order valence-electron chi connectivity index (χ3n) is 5.90. The number of benzene rings is 1. The molecule has 1 fully saturated rings. The Morgan fingerprint density at radius 3 is 2.59 bits per heavy atom. The van der Waals surface area contributed by atoms with Crippen LogP contribution < -0.4 is 15.0 Å². The van der Waals surface area contributed by atoms with Gasteiger partial charge in [-0.3, -0.25) is 4.98 Å². The molecule has 0 unspecified atom stereocenters. The van der Waals surface area contributed by atoms with E-state index < -0.39 is 0 Å². The van der Waals surface area contributed by atoms with Gasteiger partial charge in [-0.15, -0.1) is 0 Å². The number of nitrogens with one attached hydrogen (secondary N) is 1. The second-order valence-electron chi connectivity index (χ2n) is 8.04. The minimum Gasteiger partial charge on any atom is -0.489 e. The third-order valence-corrected chi connectivity index (χ3v) is 5.90. The Labute approximate surface area is 187 Å². The van der Waals surface area contributed by atoms with E-state index in [0.29, 0.717) is 6.61 Å². The maximum Gasteiger partial charge on any atom is 0.206 e. The summed E-state index contributed by atoms with van der Waals surface area (Å²) < 4.78 is 13.8. The molecule has 6 rings (SSSR count). The maximum atomic E-state index is 6.12. The van der Waals surface area contributed by atoms with Crippen LogP contribution in [0, 0.1) is 13.8 Å². The first kappa shape index (κ1) is 20.5. The molecule has 0 atom stereocenters. The van der Waals surface area contributed by atoms with E-state index in [1.54, 1.807) is 12.4 Å². The molecular formula is C24H28N6O2. The highest BCUT2D eigenvalue weighted by molar-refractivity contribution is 5.93. The summed E-state index contributed by atoms with van der Waals surface area (Å²) in [7, 11) is 0. The van der Waals surface area contributed by atoms with Crippen LogP contribution in [0.2, 0.25) is 0 Å². The molecule has 1 saturated heterocycles. The van der Waals surface area contributed by atoms with Gasteiger partial charge in [0.1, 0.15) is 17.9 Å². The molecule has 0 saturated carbocycles. The van der Waals surface area contributed by atoms with Gasteiger partial charge in [0.05, 0.1) is 23.3 Å². The number of nitrogens with zero attached hydrogens (tertiary/aromatic N) is 5. The standard InChI is InChI=1S/C19H23N5O2.C5H5N/c1-12-16(13(2)26-22-12)14-4-5-15-17-18(14)25-11-10-24(17)19(21-15)23-8-3-6-20-7-9-23;1-2-4-6-5-3-1/h4-5,20H,3,6-11H2,1-2H3;1-5H. The van der Waals surface area contributed by atoms with Gasteiger partial charge in [0.15, 0.2) is 5.75 Å². The van der Waals surface area contributed by atoms with Crippen LogP contribution in [0.1, 0.15) is 17.9 Å². The molecule has 4 aromatic rings. The fourth-order valence-electron chi connectivity index (χ4n) is 4.44. The van der Waals surface area contributed by atoms with Crippen LogP contribution in [0.15, 0.2) is 47.2 Å². The van der Waals surface area contributed by atoms with Crippen LogP contribution >= 0.6 is 0 Å². The predicted octanol–water partition coefficient (Wildman–Crippen LogP) is 3.58. The van der Waals surface area contributed by atoms with E-state index in [9.17, 15) is 0 Å². The maximum absolute atomic E-state index is 6.12. The third kappa shape index (κ3) is 3.82. The molecule has 32 heavy (non-hydrogen) atoms. The van der Waals surface area contributed by atoms with Gasteiger partial charge >= 0.3 is 0 Å². The summed E-state index contributed by atoms with van der Waals surface area (Å²) in [6.45, 7) is 9.48. The van der Waals surface area contributed by atoms with Crippen molar-refractivity contribution in [2.45, 2.75) is 26.8 Å². The number of aromatic nitrogens is 4. The lowest BCUT2D eigenvalue weighted by Gasteiger charge is -2.25. The molecule has 2 aliphatic heterocycles. The van der Waals surface area contributed by atoms with Gasteiger partial charge in [-0.05, 0) is 51.1 Å². The zero-order chi connectivity index (χ0) is 21.9. The number of pyridine rings is 1. The Kier molecular flexibility index (Phi) is 5.77. The topological polar surface area (TPSA) is 81.2 Å². The first-order valence-electron chi connectivity index (χ1n) is 11.1. The van der Waals surface area contributed by atoms with E-state index >= 15 is 0 Å². The Bertz CT molecular complexity index is 1150. The zero-order valence-electron chi connectivity index (χ0n) is 18.5. The van der Waals surface area contributed by atoms with Gasteiger partial charge in [0.25, 0.3) is 0 Å². The van der Waals surface area contributed by atoms with Crippen molar-refractivity contribution in [1.29, 1.82) is 0 Å². The predicted molar refractivity (Wildman–Crippen MR) is 124 cm³/mol. The van der Waals surface area contributed by atoms with Crippen LogP contribution in [-0.4, -0.2) is 52.5 Å².